The summed E-state index contributed by atoms with van der Waals surface area (Å²) in [7, 11) is 0. The molecular weight excluding hydrogens is 316 g/mol. The SMILES string of the molecule is CCOC(=O)[C@@]12CC[C@@]3(C(=O)OCC)C(=O)NC(C)(CC13)NC2=O. The second-order valence-corrected chi connectivity index (χ2v) is 6.88. The lowest BCUT2D eigenvalue weighted by Crippen LogP contribution is -2.76. The Morgan fingerprint density at radius 1 is 1.00 bits per heavy atom. The fourth-order valence-electron chi connectivity index (χ4n) is 4.52. The number of amides is 2. The largest absolute Gasteiger partial charge is 0.465 e. The first-order chi connectivity index (χ1) is 11.3. The van der Waals surface area contributed by atoms with Crippen LogP contribution in [-0.2, 0) is 28.7 Å². The maximum absolute atomic E-state index is 12.8. The van der Waals surface area contributed by atoms with Crippen molar-refractivity contribution in [2.75, 3.05) is 13.2 Å². The van der Waals surface area contributed by atoms with Gasteiger partial charge in [0.05, 0.1) is 13.2 Å². The number of ether oxygens (including phenoxy) is 2. The van der Waals surface area contributed by atoms with E-state index in [1.807, 2.05) is 0 Å². The molecule has 3 rings (SSSR count). The zero-order valence-corrected chi connectivity index (χ0v) is 14.1. The summed E-state index contributed by atoms with van der Waals surface area (Å²) in [4.78, 5) is 51.0. The molecular formula is C16H22N2O6. The fourth-order valence-corrected chi connectivity index (χ4v) is 4.52. The van der Waals surface area contributed by atoms with Gasteiger partial charge in [0.15, 0.2) is 10.8 Å². The van der Waals surface area contributed by atoms with Gasteiger partial charge in [0.1, 0.15) is 5.66 Å². The van der Waals surface area contributed by atoms with Crippen LogP contribution in [0.15, 0.2) is 0 Å². The molecule has 0 spiro atoms. The molecule has 132 valence electrons. The third-order valence-corrected chi connectivity index (χ3v) is 5.58. The highest BCUT2D eigenvalue weighted by molar-refractivity contribution is 6.12. The van der Waals surface area contributed by atoms with Crippen molar-refractivity contribution in [2.45, 2.75) is 45.7 Å². The highest BCUT2D eigenvalue weighted by Crippen LogP contribution is 2.62. The van der Waals surface area contributed by atoms with E-state index in [0.29, 0.717) is 0 Å². The summed E-state index contributed by atoms with van der Waals surface area (Å²) < 4.78 is 10.3. The molecule has 2 saturated heterocycles. The summed E-state index contributed by atoms with van der Waals surface area (Å²) in [5, 5.41) is 5.45. The number of carbonyl (C=O) groups excluding carboxylic acids is 4. The highest BCUT2D eigenvalue weighted by Gasteiger charge is 2.76. The van der Waals surface area contributed by atoms with Crippen molar-refractivity contribution in [1.82, 2.24) is 10.6 Å². The van der Waals surface area contributed by atoms with E-state index in [2.05, 4.69) is 10.6 Å². The topological polar surface area (TPSA) is 111 Å². The molecule has 0 aromatic heterocycles. The van der Waals surface area contributed by atoms with Crippen molar-refractivity contribution in [1.29, 1.82) is 0 Å². The van der Waals surface area contributed by atoms with Gasteiger partial charge >= 0.3 is 11.9 Å². The molecule has 2 amide bonds. The van der Waals surface area contributed by atoms with E-state index in [-0.39, 0.29) is 32.5 Å². The van der Waals surface area contributed by atoms with Crippen molar-refractivity contribution in [2.24, 2.45) is 16.7 Å². The smallest absolute Gasteiger partial charge is 0.321 e. The Balaban J connectivity index is 2.14. The predicted octanol–water partition coefficient (Wildman–Crippen LogP) is -0.139. The first kappa shape index (κ1) is 16.7. The minimum absolute atomic E-state index is 0.0879. The molecule has 3 aliphatic rings. The molecule has 2 atom stereocenters. The molecule has 2 N–H and O–H groups in total. The number of hydrogen-bond donors (Lipinski definition) is 2. The third kappa shape index (κ3) is 1.85. The van der Waals surface area contributed by atoms with Crippen LogP contribution in [0.3, 0.4) is 0 Å². The van der Waals surface area contributed by atoms with Gasteiger partial charge in [0.25, 0.3) is 0 Å². The first-order valence-electron chi connectivity index (χ1n) is 8.26. The summed E-state index contributed by atoms with van der Waals surface area (Å²) in [6.07, 6.45) is 0.456. The molecule has 0 aromatic carbocycles. The van der Waals surface area contributed by atoms with Crippen LogP contribution < -0.4 is 10.6 Å². The zero-order chi connectivity index (χ0) is 17.8. The molecule has 24 heavy (non-hydrogen) atoms. The second-order valence-electron chi connectivity index (χ2n) is 6.88. The van der Waals surface area contributed by atoms with E-state index < -0.39 is 46.2 Å². The van der Waals surface area contributed by atoms with Gasteiger partial charge in [0.2, 0.25) is 11.8 Å². The lowest BCUT2D eigenvalue weighted by molar-refractivity contribution is -0.183. The van der Waals surface area contributed by atoms with Crippen LogP contribution in [-0.4, -0.2) is 42.6 Å². The van der Waals surface area contributed by atoms with Gasteiger partial charge < -0.3 is 20.1 Å². The lowest BCUT2D eigenvalue weighted by Gasteiger charge is -2.53. The van der Waals surface area contributed by atoms with Gasteiger partial charge in [-0.3, -0.25) is 19.2 Å². The summed E-state index contributed by atoms with van der Waals surface area (Å²) in [5.74, 6) is -3.10. The molecule has 8 nitrogen and oxygen atoms in total. The average molecular weight is 338 g/mol. The van der Waals surface area contributed by atoms with Crippen LogP contribution in [0.25, 0.3) is 0 Å². The van der Waals surface area contributed by atoms with Gasteiger partial charge in [-0.1, -0.05) is 0 Å². The fraction of sp³-hybridized carbons (Fsp3) is 0.750. The van der Waals surface area contributed by atoms with E-state index in [1.54, 1.807) is 20.8 Å². The predicted molar refractivity (Wildman–Crippen MR) is 80.2 cm³/mol. The molecule has 3 fully saturated rings. The first-order valence-corrected chi connectivity index (χ1v) is 8.26. The van der Waals surface area contributed by atoms with Crippen molar-refractivity contribution >= 4 is 23.8 Å². The van der Waals surface area contributed by atoms with E-state index in [1.165, 1.54) is 0 Å². The van der Waals surface area contributed by atoms with Crippen LogP contribution in [0.1, 0.15) is 40.0 Å². The van der Waals surface area contributed by atoms with Crippen LogP contribution in [0.4, 0.5) is 0 Å². The Kier molecular flexibility index (Phi) is 3.62. The monoisotopic (exact) mass is 338 g/mol. The average Bonchev–Trinajstić information content (AvgIpc) is 2.86. The summed E-state index contributed by atoms with van der Waals surface area (Å²) in [6, 6.07) is 0. The minimum atomic E-state index is -1.51. The van der Waals surface area contributed by atoms with E-state index in [0.717, 1.165) is 0 Å². The molecule has 2 aliphatic heterocycles. The van der Waals surface area contributed by atoms with Gasteiger partial charge in [-0.05, 0) is 40.0 Å². The standard InChI is InChI=1S/C16H22N2O6/c1-4-23-12(21)15-6-7-16(13(22)24-5-2)9(15)8-14(3,17-10(15)19)18-11(16)20/h9H,4-8H2,1-3H3,(H,17,19)(H,18,20)/t9?,14?,15-,16-/m0/s1. The Morgan fingerprint density at radius 3 is 1.79 bits per heavy atom. The third-order valence-electron chi connectivity index (χ3n) is 5.58. The maximum atomic E-state index is 12.8. The Hall–Kier alpha value is -2.12. The van der Waals surface area contributed by atoms with Crippen molar-refractivity contribution in [3.8, 4) is 0 Å². The summed E-state index contributed by atoms with van der Waals surface area (Å²) in [5.41, 5.74) is -4.00. The zero-order valence-electron chi connectivity index (χ0n) is 14.1. The number of piperidine rings is 2. The Labute approximate surface area is 139 Å². The van der Waals surface area contributed by atoms with Gasteiger partial charge in [-0.25, -0.2) is 0 Å². The highest BCUT2D eigenvalue weighted by atomic mass is 16.5. The van der Waals surface area contributed by atoms with Crippen LogP contribution in [0.2, 0.25) is 0 Å². The number of rotatable bonds is 4. The van der Waals surface area contributed by atoms with Gasteiger partial charge in [-0.2, -0.15) is 0 Å². The lowest BCUT2D eigenvalue weighted by atomic mass is 9.59. The Bertz CT molecular complexity index is 584. The normalized spacial score (nSPS) is 39.7. The molecule has 2 heterocycles. The molecule has 0 radical (unpaired) electrons. The van der Waals surface area contributed by atoms with Gasteiger partial charge in [-0.15, -0.1) is 0 Å². The van der Waals surface area contributed by atoms with Crippen LogP contribution in [0.5, 0.6) is 0 Å². The number of carbonyl (C=O) groups is 4. The quantitative estimate of drug-likeness (QED) is 0.545. The number of nitrogens with one attached hydrogen (secondary N) is 2. The molecule has 0 unspecified atom stereocenters. The van der Waals surface area contributed by atoms with Crippen LogP contribution in [0, 0.1) is 16.7 Å². The molecule has 8 heteroatoms. The molecule has 1 saturated carbocycles. The van der Waals surface area contributed by atoms with E-state index >= 15 is 0 Å². The summed E-state index contributed by atoms with van der Waals surface area (Å²) in [6.45, 7) is 5.22. The number of hydrogen-bond acceptors (Lipinski definition) is 6. The molecule has 0 aromatic rings. The maximum Gasteiger partial charge on any atom is 0.321 e. The van der Waals surface area contributed by atoms with Gasteiger partial charge in [0, 0.05) is 5.92 Å². The number of esters is 2. The number of fused-ring (bicyclic) bond motifs is 1. The second kappa shape index (κ2) is 5.19. The van der Waals surface area contributed by atoms with Crippen LogP contribution >= 0.6 is 0 Å². The summed E-state index contributed by atoms with van der Waals surface area (Å²) >= 11 is 0. The van der Waals surface area contributed by atoms with Crippen molar-refractivity contribution < 1.29 is 28.7 Å². The Morgan fingerprint density at radius 2 is 1.42 bits per heavy atom. The molecule has 2 bridgehead atoms. The van der Waals surface area contributed by atoms with E-state index in [4.69, 9.17) is 9.47 Å². The van der Waals surface area contributed by atoms with Crippen molar-refractivity contribution in [3.63, 3.8) is 0 Å². The minimum Gasteiger partial charge on any atom is -0.465 e. The molecule has 1 aliphatic carbocycles. The van der Waals surface area contributed by atoms with Crippen molar-refractivity contribution in [3.05, 3.63) is 0 Å². The van der Waals surface area contributed by atoms with E-state index in [9.17, 15) is 19.2 Å².